The molecule has 0 aliphatic carbocycles. The zero-order valence-electron chi connectivity index (χ0n) is 8.85. The number of nitro benzene ring substituents is 1. The normalized spacial score (nSPS) is 10.6. The van der Waals surface area contributed by atoms with E-state index >= 15 is 0 Å². The van der Waals surface area contributed by atoms with Crippen molar-refractivity contribution in [2.45, 2.75) is 0 Å². The average Bonchev–Trinajstić information content (AvgIpc) is 2.29. The van der Waals surface area contributed by atoms with Gasteiger partial charge >= 0.3 is 0 Å². The van der Waals surface area contributed by atoms with Gasteiger partial charge in [-0.2, -0.15) is 10.4 Å². The number of benzene rings is 1. The number of amidine groups is 1. The van der Waals surface area contributed by atoms with Crippen LogP contribution < -0.4 is 11.2 Å². The van der Waals surface area contributed by atoms with Gasteiger partial charge in [0.05, 0.1) is 4.92 Å². The van der Waals surface area contributed by atoms with Crippen molar-refractivity contribution in [1.29, 1.82) is 10.7 Å². The molecule has 9 heteroatoms. The molecule has 0 fully saturated rings. The summed E-state index contributed by atoms with van der Waals surface area (Å²) in [6.45, 7) is 0. The molecular formula is C9H7BrN6O2. The SMILES string of the molecule is N#C/C(=N\Nc1cc(Br)ccc1[N+](=O)[O-])C(=N)N. The Kier molecular flexibility index (Phi) is 4.33. The van der Waals surface area contributed by atoms with Crippen molar-refractivity contribution in [2.75, 3.05) is 5.43 Å². The molecule has 1 aromatic carbocycles. The van der Waals surface area contributed by atoms with Crippen molar-refractivity contribution >= 4 is 38.9 Å². The van der Waals surface area contributed by atoms with Gasteiger partial charge in [-0.05, 0) is 12.1 Å². The zero-order chi connectivity index (χ0) is 13.7. The molecule has 0 heterocycles. The Morgan fingerprint density at radius 3 is 2.83 bits per heavy atom. The quantitative estimate of drug-likeness (QED) is 0.335. The van der Waals surface area contributed by atoms with Crippen LogP contribution in [0.4, 0.5) is 11.4 Å². The van der Waals surface area contributed by atoms with Crippen molar-refractivity contribution in [3.05, 3.63) is 32.8 Å². The summed E-state index contributed by atoms with van der Waals surface area (Å²) in [5.74, 6) is -0.525. The second-order valence-electron chi connectivity index (χ2n) is 3.02. The summed E-state index contributed by atoms with van der Waals surface area (Å²) < 4.78 is 0.604. The fourth-order valence-corrected chi connectivity index (χ4v) is 1.38. The van der Waals surface area contributed by atoms with E-state index in [1.54, 1.807) is 6.07 Å². The average molecular weight is 311 g/mol. The first kappa shape index (κ1) is 13.6. The highest BCUT2D eigenvalue weighted by atomic mass is 79.9. The number of hydrogen-bond donors (Lipinski definition) is 3. The van der Waals surface area contributed by atoms with Gasteiger partial charge in [-0.15, -0.1) is 0 Å². The fraction of sp³-hybridized carbons (Fsp3) is 0. The number of nitrogens with one attached hydrogen (secondary N) is 2. The first-order chi connectivity index (χ1) is 8.45. The molecule has 1 rings (SSSR count). The third-order valence-corrected chi connectivity index (χ3v) is 2.30. The number of hydrogen-bond acceptors (Lipinski definition) is 6. The smallest absolute Gasteiger partial charge is 0.294 e. The molecule has 0 radical (unpaired) electrons. The monoisotopic (exact) mass is 310 g/mol. The van der Waals surface area contributed by atoms with E-state index in [-0.39, 0.29) is 17.1 Å². The van der Waals surface area contributed by atoms with Crippen molar-refractivity contribution < 1.29 is 4.92 Å². The maximum atomic E-state index is 10.8. The third-order valence-electron chi connectivity index (χ3n) is 1.80. The number of halogens is 1. The van der Waals surface area contributed by atoms with Gasteiger partial charge < -0.3 is 5.73 Å². The van der Waals surface area contributed by atoms with Gasteiger partial charge in [0.25, 0.3) is 5.69 Å². The number of nitro groups is 1. The standard InChI is InChI=1S/C9H7BrN6O2/c10-5-1-2-8(16(17)18)6(3-5)14-15-7(4-11)9(12)13/h1-3,14H,(H3,12,13)/b15-7+. The Morgan fingerprint density at radius 2 is 2.33 bits per heavy atom. The highest BCUT2D eigenvalue weighted by Gasteiger charge is 2.13. The Hall–Kier alpha value is -2.47. The van der Waals surface area contributed by atoms with Gasteiger partial charge in [0.2, 0.25) is 5.71 Å². The maximum absolute atomic E-state index is 10.8. The van der Waals surface area contributed by atoms with Gasteiger partial charge in [0.1, 0.15) is 11.8 Å². The van der Waals surface area contributed by atoms with E-state index in [0.29, 0.717) is 4.47 Å². The molecule has 92 valence electrons. The zero-order valence-corrected chi connectivity index (χ0v) is 10.4. The Balaban J connectivity index is 3.11. The third kappa shape index (κ3) is 3.26. The van der Waals surface area contributed by atoms with E-state index in [2.05, 4.69) is 26.5 Å². The predicted molar refractivity (Wildman–Crippen MR) is 69.4 cm³/mol. The molecule has 18 heavy (non-hydrogen) atoms. The number of hydrazone groups is 1. The second-order valence-corrected chi connectivity index (χ2v) is 3.93. The van der Waals surface area contributed by atoms with Crippen LogP contribution in [-0.2, 0) is 0 Å². The summed E-state index contributed by atoms with van der Waals surface area (Å²) in [7, 11) is 0. The Labute approximate surface area is 110 Å². The summed E-state index contributed by atoms with van der Waals surface area (Å²) in [4.78, 5) is 10.2. The summed E-state index contributed by atoms with van der Waals surface area (Å²) >= 11 is 3.16. The maximum Gasteiger partial charge on any atom is 0.294 e. The first-order valence-corrected chi connectivity index (χ1v) is 5.27. The van der Waals surface area contributed by atoms with Crippen LogP contribution in [0.25, 0.3) is 0 Å². The highest BCUT2D eigenvalue weighted by molar-refractivity contribution is 9.10. The van der Waals surface area contributed by atoms with Crippen LogP contribution in [-0.4, -0.2) is 16.5 Å². The van der Waals surface area contributed by atoms with Crippen LogP contribution in [0.3, 0.4) is 0 Å². The van der Waals surface area contributed by atoms with E-state index in [1.807, 2.05) is 0 Å². The summed E-state index contributed by atoms with van der Waals surface area (Å²) in [6, 6.07) is 5.80. The van der Waals surface area contributed by atoms with Gasteiger partial charge in [0.15, 0.2) is 5.84 Å². The highest BCUT2D eigenvalue weighted by Crippen LogP contribution is 2.27. The molecular weight excluding hydrogens is 304 g/mol. The topological polar surface area (TPSA) is 141 Å². The van der Waals surface area contributed by atoms with Gasteiger partial charge in [0, 0.05) is 10.5 Å². The van der Waals surface area contributed by atoms with Crippen molar-refractivity contribution in [3.63, 3.8) is 0 Å². The lowest BCUT2D eigenvalue weighted by molar-refractivity contribution is -0.384. The van der Waals surface area contributed by atoms with Crippen molar-refractivity contribution in [1.82, 2.24) is 0 Å². The second kappa shape index (κ2) is 5.74. The van der Waals surface area contributed by atoms with E-state index in [1.165, 1.54) is 18.2 Å². The molecule has 0 aliphatic rings. The largest absolute Gasteiger partial charge is 0.382 e. The summed E-state index contributed by atoms with van der Waals surface area (Å²) in [5, 5.41) is 29.9. The van der Waals surface area contributed by atoms with E-state index in [0.717, 1.165) is 0 Å². The van der Waals surface area contributed by atoms with Crippen LogP contribution in [0, 0.1) is 26.9 Å². The molecule has 4 N–H and O–H groups in total. The van der Waals surface area contributed by atoms with E-state index in [4.69, 9.17) is 16.4 Å². The molecule has 0 bridgehead atoms. The molecule has 0 saturated heterocycles. The number of rotatable bonds is 4. The molecule has 0 saturated carbocycles. The molecule has 0 unspecified atom stereocenters. The number of nitrogens with two attached hydrogens (primary N) is 1. The van der Waals surface area contributed by atoms with E-state index < -0.39 is 10.8 Å². The van der Waals surface area contributed by atoms with E-state index in [9.17, 15) is 10.1 Å². The van der Waals surface area contributed by atoms with Gasteiger partial charge in [-0.25, -0.2) is 0 Å². The predicted octanol–water partition coefficient (Wildman–Crippen LogP) is 1.58. The number of nitrogens with zero attached hydrogens (tertiary/aromatic N) is 3. The molecule has 0 spiro atoms. The van der Waals surface area contributed by atoms with Gasteiger partial charge in [-0.1, -0.05) is 15.9 Å². The molecule has 8 nitrogen and oxygen atoms in total. The Morgan fingerprint density at radius 1 is 1.67 bits per heavy atom. The lowest BCUT2D eigenvalue weighted by atomic mass is 10.3. The molecule has 0 aliphatic heterocycles. The molecule has 0 aromatic heterocycles. The number of nitriles is 1. The van der Waals surface area contributed by atoms with Crippen molar-refractivity contribution in [3.8, 4) is 6.07 Å². The lowest BCUT2D eigenvalue weighted by Gasteiger charge is -2.03. The first-order valence-electron chi connectivity index (χ1n) is 4.48. The minimum Gasteiger partial charge on any atom is -0.382 e. The lowest BCUT2D eigenvalue weighted by Crippen LogP contribution is -2.21. The molecule has 0 amide bonds. The van der Waals surface area contributed by atoms with Gasteiger partial charge in [-0.3, -0.25) is 20.9 Å². The minimum atomic E-state index is -0.593. The van der Waals surface area contributed by atoms with Crippen LogP contribution in [0.5, 0.6) is 0 Å². The fourth-order valence-electron chi connectivity index (χ4n) is 1.02. The van der Waals surface area contributed by atoms with Crippen LogP contribution >= 0.6 is 15.9 Å². The van der Waals surface area contributed by atoms with Crippen LogP contribution in [0.15, 0.2) is 27.8 Å². The number of anilines is 1. The van der Waals surface area contributed by atoms with Crippen LogP contribution in [0.2, 0.25) is 0 Å². The van der Waals surface area contributed by atoms with Crippen molar-refractivity contribution in [2.24, 2.45) is 10.8 Å². The van der Waals surface area contributed by atoms with Crippen LogP contribution in [0.1, 0.15) is 0 Å². The molecule has 1 aromatic rings. The Bertz CT molecular complexity index is 577. The molecule has 0 atom stereocenters. The summed E-state index contributed by atoms with van der Waals surface area (Å²) in [6.07, 6.45) is 0. The minimum absolute atomic E-state index is 0.0865. The summed E-state index contributed by atoms with van der Waals surface area (Å²) in [5.41, 5.74) is 6.95.